The van der Waals surface area contributed by atoms with Gasteiger partial charge >= 0.3 is 0 Å². The third kappa shape index (κ3) is 28.7. The van der Waals surface area contributed by atoms with Gasteiger partial charge in [-0.1, -0.05) is 80.0 Å². The van der Waals surface area contributed by atoms with Gasteiger partial charge in [-0.3, -0.25) is 14.8 Å². The average molecular weight is 978 g/mol. The SMILES string of the molecule is C1CCNCC1.C1CNCCN1.CC(C)(C)N1CC2CCC(C2)C1.CC(C)(C)N1CCC1.CC(C)C.CC(C)C.CC(C)N1CC2CC2C1.CC(C)N1CCCC1.CC(C)c1cccc2ncccc12. The molecule has 8 heteroatoms. The van der Waals surface area contributed by atoms with Crippen molar-refractivity contribution in [3.05, 3.63) is 42.1 Å². The fourth-order valence-corrected chi connectivity index (χ4v) is 9.89. The van der Waals surface area contributed by atoms with E-state index < -0.39 is 0 Å². The van der Waals surface area contributed by atoms with E-state index >= 15 is 0 Å². The molecule has 8 fully saturated rings. The predicted octanol–water partition coefficient (Wildman–Crippen LogP) is 13.5. The largest absolute Gasteiger partial charge is 0.317 e. The molecule has 4 unspecified atom stereocenters. The molecule has 7 heterocycles. The molecule has 2 saturated carbocycles. The molecule has 8 aliphatic rings. The Morgan fingerprint density at radius 3 is 1.27 bits per heavy atom. The van der Waals surface area contributed by atoms with Gasteiger partial charge in [-0.2, -0.15) is 0 Å². The highest BCUT2D eigenvalue weighted by atomic mass is 15.2. The van der Waals surface area contributed by atoms with Crippen LogP contribution in [0.3, 0.4) is 0 Å². The highest BCUT2D eigenvalue weighted by Gasteiger charge is 2.45. The molecule has 0 amide bonds. The molecule has 2 aliphatic carbocycles. The lowest BCUT2D eigenvalue weighted by molar-refractivity contribution is 0.0690. The zero-order chi connectivity index (χ0) is 52.3. The topological polar surface area (TPSA) is 61.9 Å². The van der Waals surface area contributed by atoms with E-state index in [4.69, 9.17) is 0 Å². The molecule has 1 aromatic carbocycles. The maximum absolute atomic E-state index is 4.32. The first kappa shape index (κ1) is 64.5. The molecule has 2 aromatic rings. The van der Waals surface area contributed by atoms with Gasteiger partial charge in [0.05, 0.1) is 5.52 Å². The van der Waals surface area contributed by atoms with Crippen molar-refractivity contribution in [3.63, 3.8) is 0 Å². The van der Waals surface area contributed by atoms with Crippen LogP contribution < -0.4 is 16.0 Å². The average Bonchev–Trinajstić information content (AvgIpc) is 3.62. The fraction of sp³-hybridized carbons (Fsp3) is 0.855. The first-order valence-corrected chi connectivity index (χ1v) is 29.4. The third-order valence-electron chi connectivity index (χ3n) is 14.4. The summed E-state index contributed by atoms with van der Waals surface area (Å²) >= 11 is 0. The maximum atomic E-state index is 4.32. The number of nitrogens with one attached hydrogen (secondary N) is 3. The minimum Gasteiger partial charge on any atom is -0.317 e. The summed E-state index contributed by atoms with van der Waals surface area (Å²) in [4.78, 5) is 14.6. The van der Waals surface area contributed by atoms with E-state index in [1.807, 2.05) is 12.3 Å². The lowest BCUT2D eigenvalue weighted by Crippen LogP contribution is -2.49. The lowest BCUT2D eigenvalue weighted by Gasteiger charge is -2.42. The van der Waals surface area contributed by atoms with Crippen LogP contribution in [0, 0.1) is 35.5 Å². The first-order valence-electron chi connectivity index (χ1n) is 29.4. The Hall–Kier alpha value is -1.65. The van der Waals surface area contributed by atoms with Crippen molar-refractivity contribution in [2.45, 2.75) is 218 Å². The zero-order valence-corrected chi connectivity index (χ0v) is 49.9. The first-order chi connectivity index (χ1) is 33.0. The normalized spacial score (nSPS) is 24.2. The van der Waals surface area contributed by atoms with Gasteiger partial charge in [-0.25, -0.2) is 0 Å². The van der Waals surface area contributed by atoms with Crippen LogP contribution in [0.4, 0.5) is 0 Å². The Labute approximate surface area is 436 Å². The van der Waals surface area contributed by atoms with Crippen LogP contribution >= 0.6 is 0 Å². The number of hydrogen-bond donors (Lipinski definition) is 3. The van der Waals surface area contributed by atoms with Gasteiger partial charge in [0.2, 0.25) is 0 Å². The predicted molar refractivity (Wildman–Crippen MR) is 312 cm³/mol. The number of piperidine rings is 3. The number of benzene rings is 1. The van der Waals surface area contributed by atoms with Crippen LogP contribution in [0.1, 0.15) is 200 Å². The fourth-order valence-electron chi connectivity index (χ4n) is 9.89. The number of piperazine rings is 1. The molecule has 6 saturated heterocycles. The van der Waals surface area contributed by atoms with Gasteiger partial charge in [-0.05, 0) is 225 Å². The van der Waals surface area contributed by atoms with Crippen LogP contribution in [0.2, 0.25) is 0 Å². The Bertz CT molecular complexity index is 1480. The summed E-state index contributed by atoms with van der Waals surface area (Å²) in [6, 6.07) is 12.0. The van der Waals surface area contributed by atoms with Gasteiger partial charge in [0.15, 0.2) is 0 Å². The highest BCUT2D eigenvalue weighted by molar-refractivity contribution is 5.82. The monoisotopic (exact) mass is 977 g/mol. The van der Waals surface area contributed by atoms with E-state index in [9.17, 15) is 0 Å². The van der Waals surface area contributed by atoms with Crippen LogP contribution in [0.5, 0.6) is 0 Å². The standard InChI is InChI=1S/C12H13N.C11H21N.C8H15N.2C7H15N.C5H11N.C4H10N2.2C4H10/c1-9(2)10-5-3-7-12-11(10)6-4-8-13-12;1-11(2,3)12-7-9-4-5-10(6-9)8-12;1-6(2)9-4-7-3-8(7)5-9;1-7(2,3)8-5-4-6-8;1-7(2)8-5-3-4-6-8;1-2-4-6-5-3-1;1-2-6-4-3-5-1;2*1-4(2)3/h3-9H,1-2H3;9-10H,4-8H2,1-3H3;6-8H,3-5H2,1-2H3;4-6H2,1-3H3;7H,3-6H2,1-2H3;6H,1-5H2;5-6H,1-4H2;2*4H,1-3H3. The summed E-state index contributed by atoms with van der Waals surface area (Å²) in [5.74, 6) is 6.50. The molecule has 8 nitrogen and oxygen atoms in total. The van der Waals surface area contributed by atoms with Crippen LogP contribution in [0.15, 0.2) is 36.5 Å². The number of aromatic nitrogens is 1. The van der Waals surface area contributed by atoms with E-state index in [2.05, 4.69) is 189 Å². The summed E-state index contributed by atoms with van der Waals surface area (Å²) in [6.45, 7) is 58.2. The second kappa shape index (κ2) is 34.8. The quantitative estimate of drug-likeness (QED) is 0.281. The third-order valence-corrected chi connectivity index (χ3v) is 14.4. The Balaban J connectivity index is 0.000000277. The second-order valence-electron chi connectivity index (χ2n) is 26.1. The van der Waals surface area contributed by atoms with E-state index in [1.165, 1.54) is 141 Å². The van der Waals surface area contributed by atoms with Crippen LogP contribution in [-0.4, -0.2) is 139 Å². The highest BCUT2D eigenvalue weighted by Crippen LogP contribution is 2.45. The summed E-state index contributed by atoms with van der Waals surface area (Å²) in [6.07, 6.45) is 16.3. The van der Waals surface area contributed by atoms with E-state index in [1.54, 1.807) is 0 Å². The maximum Gasteiger partial charge on any atom is 0.0704 e. The zero-order valence-electron chi connectivity index (χ0n) is 49.9. The van der Waals surface area contributed by atoms with Gasteiger partial charge in [-0.15, -0.1) is 0 Å². The van der Waals surface area contributed by atoms with Crippen molar-refractivity contribution < 1.29 is 0 Å². The van der Waals surface area contributed by atoms with Crippen molar-refractivity contribution in [1.29, 1.82) is 0 Å². The number of likely N-dealkylation sites (tertiary alicyclic amines) is 4. The summed E-state index contributed by atoms with van der Waals surface area (Å²) in [7, 11) is 0. The summed E-state index contributed by atoms with van der Waals surface area (Å²) in [5, 5.41) is 11.0. The van der Waals surface area contributed by atoms with Crippen LogP contribution in [-0.2, 0) is 0 Å². The number of rotatable bonds is 3. The van der Waals surface area contributed by atoms with Crippen molar-refractivity contribution in [1.82, 2.24) is 40.5 Å². The molecule has 10 rings (SSSR count). The number of fused-ring (bicyclic) bond motifs is 4. The molecular weight excluding hydrogens is 857 g/mol. The Morgan fingerprint density at radius 1 is 0.486 bits per heavy atom. The van der Waals surface area contributed by atoms with E-state index in [-0.39, 0.29) is 0 Å². The molecule has 1 aromatic heterocycles. The van der Waals surface area contributed by atoms with Crippen LogP contribution in [0.25, 0.3) is 10.9 Å². The van der Waals surface area contributed by atoms with Gasteiger partial charge < -0.3 is 25.8 Å². The molecule has 408 valence electrons. The van der Waals surface area contributed by atoms with Gasteiger partial charge in [0.1, 0.15) is 0 Å². The molecule has 4 atom stereocenters. The minimum atomic E-state index is 0.404. The number of pyridine rings is 1. The van der Waals surface area contributed by atoms with Crippen molar-refractivity contribution in [3.8, 4) is 0 Å². The molecule has 6 aliphatic heterocycles. The summed E-state index contributed by atoms with van der Waals surface area (Å²) in [5.41, 5.74) is 3.30. The molecule has 0 spiro atoms. The molecule has 2 bridgehead atoms. The minimum absolute atomic E-state index is 0.404. The van der Waals surface area contributed by atoms with Gasteiger partial charge in [0, 0.05) is 87.1 Å². The van der Waals surface area contributed by atoms with Gasteiger partial charge in [0.25, 0.3) is 0 Å². The van der Waals surface area contributed by atoms with Crippen molar-refractivity contribution in [2.75, 3.05) is 91.6 Å². The molecular formula is C62H120N8. The number of hydrogen-bond acceptors (Lipinski definition) is 8. The molecule has 0 radical (unpaired) electrons. The lowest BCUT2D eigenvalue weighted by atomic mass is 9.94. The molecule has 70 heavy (non-hydrogen) atoms. The summed E-state index contributed by atoms with van der Waals surface area (Å²) < 4.78 is 0. The van der Waals surface area contributed by atoms with Crippen molar-refractivity contribution >= 4 is 10.9 Å². The number of nitrogens with zero attached hydrogens (tertiary/aromatic N) is 5. The second-order valence-corrected chi connectivity index (χ2v) is 26.1. The Morgan fingerprint density at radius 2 is 0.957 bits per heavy atom. The van der Waals surface area contributed by atoms with E-state index in [0.29, 0.717) is 17.0 Å². The van der Waals surface area contributed by atoms with Crippen molar-refractivity contribution in [2.24, 2.45) is 35.5 Å². The Kier molecular flexibility index (Phi) is 32.0. The van der Waals surface area contributed by atoms with E-state index in [0.717, 1.165) is 79.3 Å². The molecule has 3 N–H and O–H groups in total. The smallest absolute Gasteiger partial charge is 0.0704 e.